The number of anilines is 1. The van der Waals surface area contributed by atoms with E-state index in [1.54, 1.807) is 12.4 Å². The Bertz CT molecular complexity index is 892. The lowest BCUT2D eigenvalue weighted by molar-refractivity contribution is 0.248. The number of piperazine rings is 1. The van der Waals surface area contributed by atoms with E-state index < -0.39 is 0 Å². The predicted molar refractivity (Wildman–Crippen MR) is 108 cm³/mol. The van der Waals surface area contributed by atoms with Gasteiger partial charge in [0, 0.05) is 68.0 Å². The van der Waals surface area contributed by atoms with Crippen LogP contribution in [0, 0.1) is 0 Å². The zero-order chi connectivity index (χ0) is 19.3. The normalized spacial score (nSPS) is 15.1. The number of hydrogen-bond acceptors (Lipinski definition) is 7. The molecule has 9 heteroatoms. The Hall–Kier alpha value is -2.22. The molecule has 0 N–H and O–H groups in total. The van der Waals surface area contributed by atoms with E-state index in [-0.39, 0.29) is 0 Å². The molecule has 4 rings (SSSR count). The Morgan fingerprint density at radius 3 is 2.39 bits per heavy atom. The largest absolute Gasteiger partial charge is 0.339 e. The Morgan fingerprint density at radius 2 is 1.68 bits per heavy atom. The number of nitrogens with zero attached hydrogens (tertiary/aromatic N) is 6. The molecule has 0 saturated carbocycles. The smallest absolute Gasteiger partial charge is 0.227 e. The van der Waals surface area contributed by atoms with Crippen LogP contribution >= 0.6 is 23.2 Å². The first-order chi connectivity index (χ1) is 13.7. The molecular weight excluding hydrogens is 399 g/mol. The number of hydrogen-bond donors (Lipinski definition) is 0. The van der Waals surface area contributed by atoms with Crippen LogP contribution in [-0.4, -0.2) is 57.7 Å². The summed E-state index contributed by atoms with van der Waals surface area (Å²) < 4.78 is 5.39. The maximum Gasteiger partial charge on any atom is 0.227 e. The highest BCUT2D eigenvalue weighted by atomic mass is 35.5. The summed E-state index contributed by atoms with van der Waals surface area (Å²) in [5.41, 5.74) is 0.817. The highest BCUT2D eigenvalue weighted by Gasteiger charge is 2.19. The first-order valence-electron chi connectivity index (χ1n) is 9.18. The second kappa shape index (κ2) is 8.86. The van der Waals surface area contributed by atoms with Gasteiger partial charge in [0.15, 0.2) is 5.82 Å². The highest BCUT2D eigenvalue weighted by molar-refractivity contribution is 6.36. The second-order valence-electron chi connectivity index (χ2n) is 6.61. The van der Waals surface area contributed by atoms with Gasteiger partial charge in [0.25, 0.3) is 0 Å². The van der Waals surface area contributed by atoms with Crippen molar-refractivity contribution in [1.82, 2.24) is 25.0 Å². The lowest BCUT2D eigenvalue weighted by Crippen LogP contribution is -2.47. The van der Waals surface area contributed by atoms with Crippen LogP contribution in [0.15, 0.2) is 41.2 Å². The summed E-state index contributed by atoms with van der Waals surface area (Å²) in [7, 11) is 0. The minimum atomic E-state index is 0.456. The monoisotopic (exact) mass is 418 g/mol. The number of halogens is 2. The van der Waals surface area contributed by atoms with Gasteiger partial charge in [0.1, 0.15) is 0 Å². The van der Waals surface area contributed by atoms with Crippen LogP contribution in [0.5, 0.6) is 0 Å². The Balaban J connectivity index is 1.27. The molecule has 2 aromatic heterocycles. The van der Waals surface area contributed by atoms with Crippen molar-refractivity contribution in [2.24, 2.45) is 0 Å². The van der Waals surface area contributed by atoms with Gasteiger partial charge in [0.2, 0.25) is 11.8 Å². The van der Waals surface area contributed by atoms with Crippen molar-refractivity contribution in [2.75, 3.05) is 37.6 Å². The fourth-order valence-corrected chi connectivity index (χ4v) is 3.73. The molecule has 3 aromatic rings. The molecule has 0 aliphatic carbocycles. The quantitative estimate of drug-likeness (QED) is 0.608. The van der Waals surface area contributed by atoms with Crippen molar-refractivity contribution in [2.45, 2.75) is 12.8 Å². The van der Waals surface area contributed by atoms with Gasteiger partial charge in [-0.2, -0.15) is 4.98 Å². The van der Waals surface area contributed by atoms with Crippen LogP contribution in [0.3, 0.4) is 0 Å². The van der Waals surface area contributed by atoms with Gasteiger partial charge >= 0.3 is 0 Å². The van der Waals surface area contributed by atoms with Gasteiger partial charge in [-0.1, -0.05) is 34.4 Å². The van der Waals surface area contributed by atoms with E-state index >= 15 is 0 Å². The average molecular weight is 419 g/mol. The molecule has 1 aliphatic rings. The molecule has 0 radical (unpaired) electrons. The highest BCUT2D eigenvalue weighted by Crippen LogP contribution is 2.26. The van der Waals surface area contributed by atoms with E-state index in [4.69, 9.17) is 27.7 Å². The molecular formula is C19H20Cl2N6O. The lowest BCUT2D eigenvalue weighted by atomic mass is 10.1. The maximum absolute atomic E-state index is 6.21. The SMILES string of the molecule is Clc1cccc(Cl)c1Cc1noc(CCN2CCN(c3ncccn3)CC2)n1. The van der Waals surface area contributed by atoms with Gasteiger partial charge in [-0.3, -0.25) is 4.90 Å². The predicted octanol–water partition coefficient (Wildman–Crippen LogP) is 3.12. The Morgan fingerprint density at radius 1 is 0.964 bits per heavy atom. The van der Waals surface area contributed by atoms with Crippen molar-refractivity contribution in [1.29, 1.82) is 0 Å². The summed E-state index contributed by atoms with van der Waals surface area (Å²) in [4.78, 5) is 17.7. The Kier molecular flexibility index (Phi) is 6.04. The molecule has 0 bridgehead atoms. The van der Waals surface area contributed by atoms with E-state index in [0.29, 0.717) is 34.6 Å². The van der Waals surface area contributed by atoms with Gasteiger partial charge in [-0.05, 0) is 23.8 Å². The van der Waals surface area contributed by atoms with E-state index in [1.807, 2.05) is 24.3 Å². The van der Waals surface area contributed by atoms with Gasteiger partial charge in [-0.15, -0.1) is 0 Å². The van der Waals surface area contributed by atoms with Gasteiger partial charge < -0.3 is 9.42 Å². The van der Waals surface area contributed by atoms with Crippen molar-refractivity contribution in [3.63, 3.8) is 0 Å². The van der Waals surface area contributed by atoms with Gasteiger partial charge in [-0.25, -0.2) is 9.97 Å². The fourth-order valence-electron chi connectivity index (χ4n) is 3.20. The van der Waals surface area contributed by atoms with Crippen molar-refractivity contribution < 1.29 is 4.52 Å². The first-order valence-corrected chi connectivity index (χ1v) is 9.93. The molecule has 28 heavy (non-hydrogen) atoms. The lowest BCUT2D eigenvalue weighted by Gasteiger charge is -2.34. The molecule has 7 nitrogen and oxygen atoms in total. The third-order valence-electron chi connectivity index (χ3n) is 4.76. The molecule has 1 aromatic carbocycles. The van der Waals surface area contributed by atoms with Crippen LogP contribution in [0.2, 0.25) is 10.0 Å². The fraction of sp³-hybridized carbons (Fsp3) is 0.368. The minimum absolute atomic E-state index is 0.456. The second-order valence-corrected chi connectivity index (χ2v) is 7.42. The third-order valence-corrected chi connectivity index (χ3v) is 5.46. The maximum atomic E-state index is 6.21. The molecule has 1 fully saturated rings. The summed E-state index contributed by atoms with van der Waals surface area (Å²) in [5.74, 6) is 2.02. The van der Waals surface area contributed by atoms with Crippen LogP contribution in [0.4, 0.5) is 5.95 Å². The summed E-state index contributed by atoms with van der Waals surface area (Å²) in [6.45, 7) is 4.59. The summed E-state index contributed by atoms with van der Waals surface area (Å²) in [5, 5.41) is 5.28. The standard InChI is InChI=1S/C19H20Cl2N6O/c20-15-3-1-4-16(21)14(15)13-17-24-18(28-25-17)5-8-26-9-11-27(12-10-26)19-22-6-2-7-23-19/h1-4,6-7H,5,8-13H2. The molecule has 1 aliphatic heterocycles. The van der Waals surface area contributed by atoms with Gasteiger partial charge in [0.05, 0.1) is 0 Å². The summed E-state index contributed by atoms with van der Waals surface area (Å²) >= 11 is 12.4. The average Bonchev–Trinajstić information content (AvgIpc) is 3.18. The first kappa shape index (κ1) is 19.1. The number of benzene rings is 1. The molecule has 0 spiro atoms. The van der Waals surface area contributed by atoms with E-state index in [1.165, 1.54) is 0 Å². The molecule has 1 saturated heterocycles. The van der Waals surface area contributed by atoms with Crippen LogP contribution < -0.4 is 4.90 Å². The van der Waals surface area contributed by atoms with Crippen LogP contribution in [0.1, 0.15) is 17.3 Å². The van der Waals surface area contributed by atoms with Crippen molar-refractivity contribution in [3.05, 3.63) is 64.0 Å². The van der Waals surface area contributed by atoms with Crippen LogP contribution in [-0.2, 0) is 12.8 Å². The molecule has 0 unspecified atom stereocenters. The zero-order valence-corrected chi connectivity index (χ0v) is 16.8. The topological polar surface area (TPSA) is 71.2 Å². The van der Waals surface area contributed by atoms with E-state index in [2.05, 4.69) is 29.9 Å². The minimum Gasteiger partial charge on any atom is -0.339 e. The van der Waals surface area contributed by atoms with Crippen LogP contribution in [0.25, 0.3) is 0 Å². The number of aromatic nitrogens is 4. The molecule has 3 heterocycles. The van der Waals surface area contributed by atoms with E-state index in [9.17, 15) is 0 Å². The molecule has 146 valence electrons. The number of rotatable bonds is 6. The molecule has 0 atom stereocenters. The summed E-state index contributed by atoms with van der Waals surface area (Å²) in [6.07, 6.45) is 4.72. The summed E-state index contributed by atoms with van der Waals surface area (Å²) in [6, 6.07) is 7.27. The zero-order valence-electron chi connectivity index (χ0n) is 15.3. The third kappa shape index (κ3) is 4.60. The Labute approximate surface area is 173 Å². The van der Waals surface area contributed by atoms with Crippen molar-refractivity contribution >= 4 is 29.2 Å². The van der Waals surface area contributed by atoms with Crippen molar-refractivity contribution in [3.8, 4) is 0 Å². The molecule has 0 amide bonds. The van der Waals surface area contributed by atoms with E-state index in [0.717, 1.165) is 44.2 Å².